The van der Waals surface area contributed by atoms with Gasteiger partial charge in [-0.05, 0) is 11.1 Å². The highest BCUT2D eigenvalue weighted by Gasteiger charge is 2.07. The fraction of sp³-hybridized carbons (Fsp3) is 0.250. The highest BCUT2D eigenvalue weighted by molar-refractivity contribution is 9.08. The highest BCUT2D eigenvalue weighted by Crippen LogP contribution is 2.24. The zero-order chi connectivity index (χ0) is 9.26. The molecule has 68 valence electrons. The molecule has 1 aromatic heterocycles. The number of aromatic nitrogens is 2. The first kappa shape index (κ1) is 9.55. The van der Waals surface area contributed by atoms with Crippen molar-refractivity contribution in [2.45, 2.75) is 10.7 Å². The number of nitrogens with zero attached hydrogens (tertiary/aromatic N) is 2. The molecule has 2 nitrogen and oxygen atoms in total. The van der Waals surface area contributed by atoms with Gasteiger partial charge in [-0.1, -0.05) is 44.0 Å². The van der Waals surface area contributed by atoms with Gasteiger partial charge in [-0.2, -0.15) is 8.75 Å². The topological polar surface area (TPSA) is 25.8 Å². The van der Waals surface area contributed by atoms with Crippen LogP contribution >= 0.6 is 43.6 Å². The van der Waals surface area contributed by atoms with Crippen molar-refractivity contribution in [2.24, 2.45) is 0 Å². The molecule has 13 heavy (non-hydrogen) atoms. The predicted octanol–water partition coefficient (Wildman–Crippen LogP) is 3.48. The smallest absolute Gasteiger partial charge is 0.109 e. The molecule has 0 aliphatic carbocycles. The average molecular weight is 322 g/mol. The Morgan fingerprint density at radius 3 is 1.85 bits per heavy atom. The van der Waals surface area contributed by atoms with Gasteiger partial charge in [0.15, 0.2) is 0 Å². The molecular formula is C8H6Br2N2S. The number of benzene rings is 1. The van der Waals surface area contributed by atoms with Crippen LogP contribution in [-0.2, 0) is 10.7 Å². The molecular weight excluding hydrogens is 316 g/mol. The minimum atomic E-state index is 0.831. The van der Waals surface area contributed by atoms with Gasteiger partial charge in [0, 0.05) is 10.7 Å². The minimum Gasteiger partial charge on any atom is -0.173 e. The molecule has 0 unspecified atom stereocenters. The van der Waals surface area contributed by atoms with E-state index in [0.29, 0.717) is 0 Å². The van der Waals surface area contributed by atoms with E-state index in [-0.39, 0.29) is 0 Å². The molecule has 0 aliphatic rings. The zero-order valence-electron chi connectivity index (χ0n) is 6.63. The van der Waals surface area contributed by atoms with Gasteiger partial charge in [0.2, 0.25) is 0 Å². The van der Waals surface area contributed by atoms with E-state index in [1.807, 2.05) is 0 Å². The van der Waals surface area contributed by atoms with Gasteiger partial charge in [-0.25, -0.2) is 0 Å². The Morgan fingerprint density at radius 2 is 1.46 bits per heavy atom. The van der Waals surface area contributed by atoms with Gasteiger partial charge < -0.3 is 0 Å². The van der Waals surface area contributed by atoms with Crippen LogP contribution in [0.2, 0.25) is 0 Å². The maximum absolute atomic E-state index is 4.28. The van der Waals surface area contributed by atoms with Gasteiger partial charge in [-0.3, -0.25) is 0 Å². The number of hydrogen-bond acceptors (Lipinski definition) is 3. The second-order valence-corrected chi connectivity index (χ2v) is 4.26. The molecule has 0 saturated heterocycles. The van der Waals surface area contributed by atoms with E-state index >= 15 is 0 Å². The van der Waals surface area contributed by atoms with Crippen LogP contribution in [0.5, 0.6) is 0 Å². The van der Waals surface area contributed by atoms with Crippen LogP contribution in [0.15, 0.2) is 12.1 Å². The summed E-state index contributed by atoms with van der Waals surface area (Å²) in [4.78, 5) is 0. The maximum atomic E-state index is 4.28. The van der Waals surface area contributed by atoms with Crippen molar-refractivity contribution in [3.63, 3.8) is 0 Å². The Morgan fingerprint density at radius 1 is 1.00 bits per heavy atom. The van der Waals surface area contributed by atoms with Crippen molar-refractivity contribution in [1.29, 1.82) is 0 Å². The highest BCUT2D eigenvalue weighted by atomic mass is 79.9. The summed E-state index contributed by atoms with van der Waals surface area (Å²) in [6.07, 6.45) is 0. The van der Waals surface area contributed by atoms with Crippen LogP contribution in [0.3, 0.4) is 0 Å². The largest absolute Gasteiger partial charge is 0.173 e. The van der Waals surface area contributed by atoms with Gasteiger partial charge in [0.1, 0.15) is 11.0 Å². The van der Waals surface area contributed by atoms with Crippen molar-refractivity contribution in [3.05, 3.63) is 23.3 Å². The Kier molecular flexibility index (Phi) is 2.96. The van der Waals surface area contributed by atoms with Crippen LogP contribution < -0.4 is 0 Å². The third-order valence-electron chi connectivity index (χ3n) is 1.87. The normalized spacial score (nSPS) is 10.9. The Hall–Kier alpha value is -0.0000000000000000555. The first-order valence-electron chi connectivity index (χ1n) is 3.71. The molecule has 0 radical (unpaired) electrons. The van der Waals surface area contributed by atoms with E-state index in [1.54, 1.807) is 0 Å². The Balaban J connectivity index is 2.74. The summed E-state index contributed by atoms with van der Waals surface area (Å²) in [5.74, 6) is 0. The second kappa shape index (κ2) is 4.02. The van der Waals surface area contributed by atoms with Gasteiger partial charge in [-0.15, -0.1) is 0 Å². The summed E-state index contributed by atoms with van der Waals surface area (Å²) in [5, 5.41) is 1.66. The molecule has 1 aromatic carbocycles. The molecule has 0 amide bonds. The average Bonchev–Trinajstić information content (AvgIpc) is 2.64. The fourth-order valence-corrected chi connectivity index (χ4v) is 2.70. The Bertz CT molecular complexity index is 389. The summed E-state index contributed by atoms with van der Waals surface area (Å²) < 4.78 is 8.56. The summed E-state index contributed by atoms with van der Waals surface area (Å²) in [7, 11) is 0. The van der Waals surface area contributed by atoms with Gasteiger partial charge >= 0.3 is 0 Å². The lowest BCUT2D eigenvalue weighted by atomic mass is 10.1. The molecule has 0 bridgehead atoms. The van der Waals surface area contributed by atoms with E-state index < -0.39 is 0 Å². The van der Waals surface area contributed by atoms with Crippen LogP contribution in [0.1, 0.15) is 11.1 Å². The van der Waals surface area contributed by atoms with Gasteiger partial charge in [0.25, 0.3) is 0 Å². The van der Waals surface area contributed by atoms with E-state index in [4.69, 9.17) is 0 Å². The number of halogens is 2. The lowest BCUT2D eigenvalue weighted by Crippen LogP contribution is -1.86. The first-order chi connectivity index (χ1) is 6.36. The van der Waals surface area contributed by atoms with Crippen molar-refractivity contribution in [1.82, 2.24) is 8.75 Å². The molecule has 0 atom stereocenters. The molecule has 0 fully saturated rings. The quantitative estimate of drug-likeness (QED) is 0.791. The third kappa shape index (κ3) is 1.65. The van der Waals surface area contributed by atoms with Crippen LogP contribution in [0.4, 0.5) is 0 Å². The Labute approximate surface area is 96.9 Å². The zero-order valence-corrected chi connectivity index (χ0v) is 10.6. The third-order valence-corrected chi connectivity index (χ3v) is 3.61. The summed E-state index contributed by atoms with van der Waals surface area (Å²) in [6.45, 7) is 0. The number of rotatable bonds is 2. The van der Waals surface area contributed by atoms with Crippen molar-refractivity contribution in [3.8, 4) is 0 Å². The van der Waals surface area contributed by atoms with E-state index in [2.05, 4.69) is 52.7 Å². The van der Waals surface area contributed by atoms with Crippen LogP contribution in [-0.4, -0.2) is 8.75 Å². The van der Waals surface area contributed by atoms with Gasteiger partial charge in [0.05, 0.1) is 11.7 Å². The van der Waals surface area contributed by atoms with Crippen molar-refractivity contribution >= 4 is 54.6 Å². The predicted molar refractivity (Wildman–Crippen MR) is 62.7 cm³/mol. The molecule has 0 N–H and O–H groups in total. The molecule has 0 spiro atoms. The molecule has 2 aromatic rings. The van der Waals surface area contributed by atoms with Crippen LogP contribution in [0.25, 0.3) is 11.0 Å². The number of fused-ring (bicyclic) bond motifs is 1. The number of alkyl halides is 2. The summed E-state index contributed by atoms with van der Waals surface area (Å²) in [5.41, 5.74) is 4.46. The molecule has 0 aliphatic heterocycles. The lowest BCUT2D eigenvalue weighted by molar-refractivity contribution is 1.39. The maximum Gasteiger partial charge on any atom is 0.109 e. The molecule has 2 rings (SSSR count). The summed E-state index contributed by atoms with van der Waals surface area (Å²) >= 11 is 8.14. The first-order valence-corrected chi connectivity index (χ1v) is 6.69. The lowest BCUT2D eigenvalue weighted by Gasteiger charge is -1.99. The number of hydrogen-bond donors (Lipinski definition) is 0. The standard InChI is InChI=1S/C8H6Br2N2S/c9-3-5-1-2-6(4-10)8-7(5)11-13-12-8/h1-2H,3-4H2. The van der Waals surface area contributed by atoms with E-state index in [9.17, 15) is 0 Å². The van der Waals surface area contributed by atoms with Crippen molar-refractivity contribution in [2.75, 3.05) is 0 Å². The SMILES string of the molecule is BrCc1ccc(CBr)c2nsnc12. The fourth-order valence-electron chi connectivity index (χ4n) is 1.18. The monoisotopic (exact) mass is 320 g/mol. The summed E-state index contributed by atoms with van der Waals surface area (Å²) in [6, 6.07) is 4.18. The molecule has 0 saturated carbocycles. The molecule has 1 heterocycles. The van der Waals surface area contributed by atoms with E-state index in [0.717, 1.165) is 21.7 Å². The second-order valence-electron chi connectivity index (χ2n) is 2.61. The van der Waals surface area contributed by atoms with E-state index in [1.165, 1.54) is 22.9 Å². The van der Waals surface area contributed by atoms with Crippen LogP contribution in [0, 0.1) is 0 Å². The molecule has 5 heteroatoms. The minimum absolute atomic E-state index is 0.831. The van der Waals surface area contributed by atoms with Crippen molar-refractivity contribution < 1.29 is 0 Å².